The summed E-state index contributed by atoms with van der Waals surface area (Å²) >= 11 is 4.64. The fourth-order valence-corrected chi connectivity index (χ4v) is 6.90. The fraction of sp³-hybridized carbons (Fsp3) is 0.826. The summed E-state index contributed by atoms with van der Waals surface area (Å²) in [5.41, 5.74) is 3.28. The van der Waals surface area contributed by atoms with Crippen LogP contribution in [0.2, 0.25) is 0 Å². The van der Waals surface area contributed by atoms with Crippen molar-refractivity contribution in [3.05, 3.63) is 23.8 Å². The molecule has 4 aliphatic carbocycles. The summed E-state index contributed by atoms with van der Waals surface area (Å²) in [5, 5.41) is 0. The average molecular weight is 349 g/mol. The molecule has 6 atom stereocenters. The first kappa shape index (κ1) is 18.6. The third-order valence-corrected chi connectivity index (χ3v) is 8.86. The molecule has 6 unspecified atom stereocenters. The summed E-state index contributed by atoms with van der Waals surface area (Å²) in [6.07, 6.45) is 17.8. The molecule has 0 saturated heterocycles. The third-order valence-electron chi connectivity index (χ3n) is 8.86. The normalized spacial score (nSPS) is 48.4. The number of allylic oxidation sites excluding steroid dienone is 4. The van der Waals surface area contributed by atoms with Gasteiger partial charge in [-0.2, -0.15) is 0 Å². The number of fused-ring (bicyclic) bond motifs is 5. The van der Waals surface area contributed by atoms with Gasteiger partial charge in [0.25, 0.3) is 0 Å². The van der Waals surface area contributed by atoms with E-state index in [4.69, 9.17) is 0 Å². The zero-order chi connectivity index (χ0) is 17.8. The largest absolute Gasteiger partial charge is 0.130 e. The summed E-state index contributed by atoms with van der Waals surface area (Å²) in [5.74, 6) is 3.55. The lowest BCUT2D eigenvalue weighted by Crippen LogP contribution is -2.50. The van der Waals surface area contributed by atoms with Crippen LogP contribution < -0.4 is 0 Å². The molecule has 1 heteroatoms. The van der Waals surface area contributed by atoms with Gasteiger partial charge in [-0.15, -0.1) is 11.6 Å². The Morgan fingerprint density at radius 2 is 1.67 bits per heavy atom. The van der Waals surface area contributed by atoms with E-state index in [1.54, 1.807) is 5.57 Å². The Morgan fingerprint density at radius 1 is 1.00 bits per heavy atom. The van der Waals surface area contributed by atoms with E-state index >= 15 is 0 Å². The Morgan fingerprint density at radius 3 is 2.38 bits per heavy atom. The van der Waals surface area contributed by atoms with E-state index in [1.165, 1.54) is 44.9 Å². The summed E-state index contributed by atoms with van der Waals surface area (Å²) in [7, 11) is 0. The number of halogens is 1. The molecule has 4 aliphatic rings. The van der Waals surface area contributed by atoms with Gasteiger partial charge in [0, 0.05) is 11.8 Å². The lowest BCUT2D eigenvalue weighted by atomic mass is 9.47. The molecule has 0 N–H and O–H groups in total. The molecule has 2 fully saturated rings. The molecule has 0 bridgehead atoms. The maximum absolute atomic E-state index is 4.64. The van der Waals surface area contributed by atoms with E-state index in [9.17, 15) is 0 Å². The molecule has 0 radical (unpaired) electrons. The first-order valence-corrected chi connectivity index (χ1v) is 10.8. The van der Waals surface area contributed by atoms with E-state index in [1.807, 2.05) is 0 Å². The minimum atomic E-state index is 0.378. The van der Waals surface area contributed by atoms with Gasteiger partial charge in [0.05, 0.1) is 0 Å². The van der Waals surface area contributed by atoms with Gasteiger partial charge in [0.1, 0.15) is 0 Å². The minimum absolute atomic E-state index is 0.378. The van der Waals surface area contributed by atoms with E-state index in [0.29, 0.717) is 16.2 Å². The second-order valence-corrected chi connectivity index (χ2v) is 10.0. The molecule has 0 heterocycles. The zero-order valence-electron chi connectivity index (χ0n) is 16.7. The Bertz CT molecular complexity index is 542. The quantitative estimate of drug-likeness (QED) is 0.319. The molecule has 0 spiro atoms. The van der Waals surface area contributed by atoms with Gasteiger partial charge in [0.2, 0.25) is 0 Å². The second kappa shape index (κ2) is 6.19. The number of alkyl halides is 1. The molecule has 0 nitrogen and oxygen atoms in total. The molecule has 2 saturated carbocycles. The first-order chi connectivity index (χ1) is 11.3. The molecular weight excluding hydrogens is 312 g/mol. The third kappa shape index (κ3) is 2.46. The van der Waals surface area contributed by atoms with E-state index < -0.39 is 0 Å². The monoisotopic (exact) mass is 348 g/mol. The highest BCUT2D eigenvalue weighted by molar-refractivity contribution is 6.15. The summed E-state index contributed by atoms with van der Waals surface area (Å²) in [6.45, 7) is 12.6. The van der Waals surface area contributed by atoms with Gasteiger partial charge in [-0.25, -0.2) is 0 Å². The summed E-state index contributed by atoms with van der Waals surface area (Å²) < 4.78 is 0. The summed E-state index contributed by atoms with van der Waals surface area (Å²) in [6, 6.07) is 0. The van der Waals surface area contributed by atoms with Crippen LogP contribution in [-0.4, -0.2) is 6.38 Å². The van der Waals surface area contributed by atoms with Gasteiger partial charge in [-0.05, 0) is 73.0 Å². The number of rotatable bonds is 0. The van der Waals surface area contributed by atoms with Crippen molar-refractivity contribution in [1.82, 2.24) is 0 Å². The van der Waals surface area contributed by atoms with Crippen LogP contribution in [0.3, 0.4) is 0 Å². The van der Waals surface area contributed by atoms with Crippen molar-refractivity contribution in [2.45, 2.75) is 73.1 Å². The fourth-order valence-electron chi connectivity index (χ4n) is 6.90. The van der Waals surface area contributed by atoms with E-state index in [0.717, 1.165) is 23.7 Å². The Hall–Kier alpha value is -0.230. The lowest BCUT2D eigenvalue weighted by Gasteiger charge is -2.58. The van der Waals surface area contributed by atoms with Crippen molar-refractivity contribution in [1.29, 1.82) is 0 Å². The molecule has 4 rings (SSSR count). The topological polar surface area (TPSA) is 0 Å². The summed E-state index contributed by atoms with van der Waals surface area (Å²) in [4.78, 5) is 0. The van der Waals surface area contributed by atoms with Gasteiger partial charge in [-0.1, -0.05) is 58.4 Å². The maximum atomic E-state index is 4.64. The molecular formula is C23H37Cl. The molecule has 0 aromatic heterocycles. The standard InChI is InChI=1S/C22H34.CH3Cl/c1-15-8-12-21(4)16(14-15)6-7-17-18(21)10-13-22(5)19(17)9-11-20(22,2)3;1-2/h6,8,12,15,17-19H,7,9-11,13-14H2,1-5H3;1H3. The first-order valence-electron chi connectivity index (χ1n) is 10.0. The smallest absolute Gasteiger partial charge is 0.0108 e. The number of hydrogen-bond donors (Lipinski definition) is 0. The number of hydrogen-bond acceptors (Lipinski definition) is 0. The van der Waals surface area contributed by atoms with Crippen LogP contribution in [0.5, 0.6) is 0 Å². The zero-order valence-corrected chi connectivity index (χ0v) is 17.4. The molecule has 0 aromatic rings. The van der Waals surface area contributed by atoms with Crippen LogP contribution in [0.25, 0.3) is 0 Å². The highest BCUT2D eigenvalue weighted by Gasteiger charge is 2.60. The predicted octanol–water partition coefficient (Wildman–Crippen LogP) is 7.24. The van der Waals surface area contributed by atoms with Crippen molar-refractivity contribution in [3.63, 3.8) is 0 Å². The Labute approximate surface area is 155 Å². The van der Waals surface area contributed by atoms with Crippen molar-refractivity contribution >= 4 is 11.6 Å². The van der Waals surface area contributed by atoms with Crippen molar-refractivity contribution in [3.8, 4) is 0 Å². The highest BCUT2D eigenvalue weighted by Crippen LogP contribution is 2.68. The van der Waals surface area contributed by atoms with Crippen LogP contribution in [0.4, 0.5) is 0 Å². The van der Waals surface area contributed by atoms with Gasteiger partial charge in [-0.3, -0.25) is 0 Å². The van der Waals surface area contributed by atoms with E-state index in [-0.39, 0.29) is 0 Å². The minimum Gasteiger partial charge on any atom is -0.130 e. The van der Waals surface area contributed by atoms with Crippen LogP contribution in [-0.2, 0) is 0 Å². The Balaban J connectivity index is 0.000000815. The van der Waals surface area contributed by atoms with Crippen LogP contribution in [0.1, 0.15) is 73.1 Å². The highest BCUT2D eigenvalue weighted by atomic mass is 35.5. The van der Waals surface area contributed by atoms with Gasteiger partial charge in [0.15, 0.2) is 0 Å². The van der Waals surface area contributed by atoms with Crippen molar-refractivity contribution in [2.75, 3.05) is 6.38 Å². The molecule has 0 aromatic carbocycles. The van der Waals surface area contributed by atoms with Crippen molar-refractivity contribution in [2.24, 2.45) is 39.9 Å². The average Bonchev–Trinajstić information content (AvgIpc) is 2.80. The maximum Gasteiger partial charge on any atom is 0.0108 e. The van der Waals surface area contributed by atoms with Crippen LogP contribution >= 0.6 is 11.6 Å². The second-order valence-electron chi connectivity index (χ2n) is 10.0. The van der Waals surface area contributed by atoms with E-state index in [2.05, 4.69) is 64.4 Å². The van der Waals surface area contributed by atoms with Crippen LogP contribution in [0.15, 0.2) is 23.8 Å². The molecule has 136 valence electrons. The Kier molecular flexibility index (Phi) is 4.78. The van der Waals surface area contributed by atoms with Crippen molar-refractivity contribution < 1.29 is 0 Å². The lowest BCUT2D eigenvalue weighted by molar-refractivity contribution is -0.0481. The van der Waals surface area contributed by atoms with Gasteiger partial charge < -0.3 is 0 Å². The van der Waals surface area contributed by atoms with Gasteiger partial charge >= 0.3 is 0 Å². The molecule has 24 heavy (non-hydrogen) atoms. The van der Waals surface area contributed by atoms with Crippen LogP contribution in [0, 0.1) is 39.9 Å². The predicted molar refractivity (Wildman–Crippen MR) is 106 cm³/mol. The SMILES string of the molecule is CC1C=CC2(C)C(=CCC3C2CCC2(C)C3CCC2(C)C)C1.CCl. The molecule has 0 amide bonds. The molecule has 0 aliphatic heterocycles.